The average Bonchev–Trinajstić information content (AvgIpc) is 2.56. The molecule has 3 heteroatoms. The number of aliphatic hydroxyl groups is 1. The zero-order chi connectivity index (χ0) is 12.6. The first-order chi connectivity index (χ1) is 7.87. The molecule has 0 amide bonds. The molecule has 1 nitrogen and oxygen atoms in total. The summed E-state index contributed by atoms with van der Waals surface area (Å²) in [6.07, 6.45) is 3.08. The predicted octanol–water partition coefficient (Wildman–Crippen LogP) is 3.86. The maximum atomic E-state index is 13.2. The molecule has 17 heavy (non-hydrogen) atoms. The van der Waals surface area contributed by atoms with E-state index in [1.165, 1.54) is 6.42 Å². The van der Waals surface area contributed by atoms with Crippen LogP contribution in [0.3, 0.4) is 0 Å². The van der Waals surface area contributed by atoms with E-state index in [0.29, 0.717) is 18.3 Å². The first-order valence-corrected chi connectivity index (χ1v) is 6.93. The molecule has 2 fully saturated rings. The fraction of sp³-hybridized carbons (Fsp3) is 1.00. The summed E-state index contributed by atoms with van der Waals surface area (Å²) in [4.78, 5) is 0. The summed E-state index contributed by atoms with van der Waals surface area (Å²) in [5.74, 6) is -1.21. The van der Waals surface area contributed by atoms with Crippen LogP contribution in [0, 0.1) is 23.7 Å². The third-order valence-corrected chi connectivity index (χ3v) is 4.62. The number of aliphatic hydroxyl groups excluding tert-OH is 1. The van der Waals surface area contributed by atoms with Crippen LogP contribution >= 0.6 is 0 Å². The van der Waals surface area contributed by atoms with E-state index in [4.69, 9.17) is 0 Å². The molecule has 0 aromatic rings. The smallest absolute Gasteiger partial charge is 0.248 e. The highest BCUT2D eigenvalue weighted by atomic mass is 19.3. The Kier molecular flexibility index (Phi) is 3.77. The van der Waals surface area contributed by atoms with Gasteiger partial charge < -0.3 is 5.11 Å². The lowest BCUT2D eigenvalue weighted by Gasteiger charge is -2.36. The Bertz CT molecular complexity index is 257. The third kappa shape index (κ3) is 3.18. The molecule has 2 aliphatic carbocycles. The van der Waals surface area contributed by atoms with Gasteiger partial charge in [-0.05, 0) is 49.4 Å². The minimum Gasteiger partial charge on any atom is -0.393 e. The zero-order valence-electron chi connectivity index (χ0n) is 10.8. The van der Waals surface area contributed by atoms with Crippen LogP contribution in [0.1, 0.15) is 52.4 Å². The highest BCUT2D eigenvalue weighted by Gasteiger charge is 2.44. The van der Waals surface area contributed by atoms with Crippen molar-refractivity contribution < 1.29 is 13.9 Å². The molecule has 4 unspecified atom stereocenters. The summed E-state index contributed by atoms with van der Waals surface area (Å²) in [6, 6.07) is 0. The lowest BCUT2D eigenvalue weighted by molar-refractivity contribution is -0.0228. The summed E-state index contributed by atoms with van der Waals surface area (Å²) in [6.45, 7) is 4.41. The predicted molar refractivity (Wildman–Crippen MR) is 64.0 cm³/mol. The number of halogens is 2. The molecule has 0 bridgehead atoms. The van der Waals surface area contributed by atoms with Crippen LogP contribution in [-0.4, -0.2) is 17.1 Å². The fourth-order valence-corrected chi connectivity index (χ4v) is 3.95. The minimum absolute atomic E-state index is 0.0352. The van der Waals surface area contributed by atoms with Gasteiger partial charge in [0.1, 0.15) is 0 Å². The van der Waals surface area contributed by atoms with E-state index >= 15 is 0 Å². The van der Waals surface area contributed by atoms with Crippen molar-refractivity contribution in [2.45, 2.75) is 64.4 Å². The Morgan fingerprint density at radius 3 is 2.12 bits per heavy atom. The topological polar surface area (TPSA) is 20.2 Å². The normalized spacial score (nSPS) is 43.6. The van der Waals surface area contributed by atoms with Crippen molar-refractivity contribution >= 4 is 0 Å². The second kappa shape index (κ2) is 4.83. The van der Waals surface area contributed by atoms with Gasteiger partial charge in [-0.1, -0.05) is 13.8 Å². The van der Waals surface area contributed by atoms with Gasteiger partial charge in [0.25, 0.3) is 0 Å². The molecule has 0 radical (unpaired) electrons. The maximum Gasteiger partial charge on any atom is 0.248 e. The van der Waals surface area contributed by atoms with Crippen LogP contribution in [-0.2, 0) is 0 Å². The van der Waals surface area contributed by atoms with Crippen molar-refractivity contribution in [2.24, 2.45) is 23.7 Å². The Labute approximate surface area is 103 Å². The first-order valence-electron chi connectivity index (χ1n) is 6.93. The van der Waals surface area contributed by atoms with Crippen LogP contribution in [0.25, 0.3) is 0 Å². The van der Waals surface area contributed by atoms with Crippen molar-refractivity contribution in [1.82, 2.24) is 0 Å². The van der Waals surface area contributed by atoms with Crippen LogP contribution in [0.5, 0.6) is 0 Å². The Balaban J connectivity index is 1.93. The van der Waals surface area contributed by atoms with Crippen molar-refractivity contribution in [3.05, 3.63) is 0 Å². The second-order valence-corrected chi connectivity index (χ2v) is 6.53. The Morgan fingerprint density at radius 1 is 1.06 bits per heavy atom. The lowest BCUT2D eigenvalue weighted by atomic mass is 9.72. The van der Waals surface area contributed by atoms with Gasteiger partial charge in [0, 0.05) is 12.8 Å². The minimum atomic E-state index is -2.53. The average molecular weight is 246 g/mol. The molecular weight excluding hydrogens is 222 g/mol. The molecule has 2 saturated carbocycles. The molecular formula is C14H24F2O. The molecule has 0 aromatic heterocycles. The van der Waals surface area contributed by atoms with Crippen LogP contribution in [0.4, 0.5) is 8.78 Å². The van der Waals surface area contributed by atoms with Crippen LogP contribution in [0.2, 0.25) is 0 Å². The van der Waals surface area contributed by atoms with Crippen molar-refractivity contribution in [2.75, 3.05) is 0 Å². The molecule has 0 heterocycles. The number of hydrogen-bond acceptors (Lipinski definition) is 1. The van der Waals surface area contributed by atoms with E-state index in [1.54, 1.807) is 0 Å². The highest BCUT2D eigenvalue weighted by Crippen LogP contribution is 2.45. The molecule has 2 aliphatic rings. The summed E-state index contributed by atoms with van der Waals surface area (Å²) >= 11 is 0. The summed E-state index contributed by atoms with van der Waals surface area (Å²) in [5.41, 5.74) is 0. The first kappa shape index (κ1) is 13.3. The van der Waals surface area contributed by atoms with Gasteiger partial charge in [0.05, 0.1) is 6.10 Å². The van der Waals surface area contributed by atoms with E-state index in [-0.39, 0.29) is 24.7 Å². The van der Waals surface area contributed by atoms with E-state index in [1.807, 2.05) is 0 Å². The van der Waals surface area contributed by atoms with E-state index < -0.39 is 12.0 Å². The largest absolute Gasteiger partial charge is 0.393 e. The van der Waals surface area contributed by atoms with Crippen LogP contribution in [0.15, 0.2) is 0 Å². The second-order valence-electron chi connectivity index (χ2n) is 6.53. The van der Waals surface area contributed by atoms with Crippen molar-refractivity contribution in [3.8, 4) is 0 Å². The molecule has 0 spiro atoms. The van der Waals surface area contributed by atoms with E-state index in [2.05, 4.69) is 13.8 Å². The Morgan fingerprint density at radius 2 is 1.65 bits per heavy atom. The number of rotatable bonds is 2. The highest BCUT2D eigenvalue weighted by molar-refractivity contribution is 4.90. The molecule has 4 atom stereocenters. The summed E-state index contributed by atoms with van der Waals surface area (Å²) < 4.78 is 26.3. The molecule has 1 N–H and O–H groups in total. The number of alkyl halides is 2. The third-order valence-electron chi connectivity index (χ3n) is 4.62. The van der Waals surface area contributed by atoms with Crippen molar-refractivity contribution in [3.63, 3.8) is 0 Å². The van der Waals surface area contributed by atoms with Gasteiger partial charge in [0.15, 0.2) is 0 Å². The molecule has 100 valence electrons. The monoisotopic (exact) mass is 246 g/mol. The maximum absolute atomic E-state index is 13.2. The molecule has 2 rings (SSSR count). The standard InChI is InChI=1S/C14H24F2O/c1-9-5-10(2)7-12(6-9)13(17)11-3-4-14(15,16)8-11/h9-13,17H,3-8H2,1-2H3. The quantitative estimate of drug-likeness (QED) is 0.784. The zero-order valence-corrected chi connectivity index (χ0v) is 10.8. The van der Waals surface area contributed by atoms with E-state index in [0.717, 1.165) is 12.8 Å². The van der Waals surface area contributed by atoms with E-state index in [9.17, 15) is 13.9 Å². The molecule has 0 aliphatic heterocycles. The van der Waals surface area contributed by atoms with Gasteiger partial charge in [0.2, 0.25) is 5.92 Å². The van der Waals surface area contributed by atoms with Crippen LogP contribution < -0.4 is 0 Å². The summed E-state index contributed by atoms with van der Waals surface area (Å²) in [7, 11) is 0. The number of hydrogen-bond donors (Lipinski definition) is 1. The Hall–Kier alpha value is -0.180. The fourth-order valence-electron chi connectivity index (χ4n) is 3.95. The van der Waals surface area contributed by atoms with Gasteiger partial charge in [-0.3, -0.25) is 0 Å². The van der Waals surface area contributed by atoms with Gasteiger partial charge in [-0.2, -0.15) is 0 Å². The van der Waals surface area contributed by atoms with Gasteiger partial charge in [-0.15, -0.1) is 0 Å². The SMILES string of the molecule is CC1CC(C)CC(C(O)C2CCC(F)(F)C2)C1. The van der Waals surface area contributed by atoms with Gasteiger partial charge >= 0.3 is 0 Å². The summed E-state index contributed by atoms with van der Waals surface area (Å²) in [5, 5.41) is 10.3. The molecule has 0 saturated heterocycles. The van der Waals surface area contributed by atoms with Crippen molar-refractivity contribution in [1.29, 1.82) is 0 Å². The van der Waals surface area contributed by atoms with Gasteiger partial charge in [-0.25, -0.2) is 8.78 Å². The molecule has 0 aromatic carbocycles. The lowest BCUT2D eigenvalue weighted by Crippen LogP contribution is -2.34.